The molecule has 1 aliphatic rings. The van der Waals surface area contributed by atoms with Crippen molar-refractivity contribution in [1.29, 1.82) is 0 Å². The Morgan fingerprint density at radius 1 is 1.37 bits per heavy atom. The molecule has 0 amide bonds. The minimum Gasteiger partial charge on any atom is -0.478 e. The van der Waals surface area contributed by atoms with Gasteiger partial charge in [-0.1, -0.05) is 0 Å². The van der Waals surface area contributed by atoms with Crippen molar-refractivity contribution in [3.05, 3.63) is 29.7 Å². The molecule has 6 heteroatoms. The number of fused-ring (bicyclic) bond motifs is 1. The lowest BCUT2D eigenvalue weighted by Gasteiger charge is -2.12. The van der Waals surface area contributed by atoms with Crippen LogP contribution in [0.2, 0.25) is 0 Å². The van der Waals surface area contributed by atoms with Gasteiger partial charge < -0.3 is 10.0 Å². The second kappa shape index (κ2) is 4.97. The van der Waals surface area contributed by atoms with Gasteiger partial charge in [-0.3, -0.25) is 0 Å². The number of hydrogen-bond donors (Lipinski definition) is 1. The molecule has 1 fully saturated rings. The van der Waals surface area contributed by atoms with Crippen LogP contribution in [0.1, 0.15) is 29.0 Å². The topological polar surface area (TPSA) is 70.7 Å². The van der Waals surface area contributed by atoms with E-state index in [9.17, 15) is 4.79 Å². The van der Waals surface area contributed by atoms with Gasteiger partial charge in [0.2, 0.25) is 0 Å². The molecular formula is C13H16N4O2. The zero-order chi connectivity index (χ0) is 13.2. The van der Waals surface area contributed by atoms with Crippen molar-refractivity contribution in [2.75, 3.05) is 19.6 Å². The predicted octanol–water partition coefficient (Wildman–Crippen LogP) is 1.07. The van der Waals surface area contributed by atoms with Crippen LogP contribution < -0.4 is 0 Å². The molecule has 0 saturated carbocycles. The first kappa shape index (κ1) is 12.1. The van der Waals surface area contributed by atoms with Crippen LogP contribution in [0.5, 0.6) is 0 Å². The third-order valence-electron chi connectivity index (χ3n) is 3.49. The molecule has 0 aromatic carbocycles. The zero-order valence-electron chi connectivity index (χ0n) is 10.6. The van der Waals surface area contributed by atoms with Crippen LogP contribution in [-0.4, -0.2) is 50.2 Å². The highest BCUT2D eigenvalue weighted by Crippen LogP contribution is 2.11. The summed E-state index contributed by atoms with van der Waals surface area (Å²) in [7, 11) is 0. The molecule has 0 atom stereocenters. The Labute approximate surface area is 110 Å². The molecule has 0 radical (unpaired) electrons. The summed E-state index contributed by atoms with van der Waals surface area (Å²) in [6, 6.07) is 3.23. The van der Waals surface area contributed by atoms with Crippen LogP contribution >= 0.6 is 0 Å². The first-order chi connectivity index (χ1) is 9.24. The molecule has 6 nitrogen and oxygen atoms in total. The van der Waals surface area contributed by atoms with Crippen LogP contribution in [0.4, 0.5) is 0 Å². The lowest BCUT2D eigenvalue weighted by molar-refractivity contribution is 0.0698. The number of carbonyl (C=O) groups is 1. The summed E-state index contributed by atoms with van der Waals surface area (Å²) >= 11 is 0. The van der Waals surface area contributed by atoms with Crippen LogP contribution in [0.25, 0.3) is 5.65 Å². The van der Waals surface area contributed by atoms with Gasteiger partial charge >= 0.3 is 5.97 Å². The summed E-state index contributed by atoms with van der Waals surface area (Å²) < 4.78 is 1.54. The summed E-state index contributed by atoms with van der Waals surface area (Å²) in [4.78, 5) is 17.8. The Kier molecular flexibility index (Phi) is 3.16. The Morgan fingerprint density at radius 3 is 2.89 bits per heavy atom. The highest BCUT2D eigenvalue weighted by atomic mass is 16.4. The van der Waals surface area contributed by atoms with Crippen molar-refractivity contribution in [3.63, 3.8) is 0 Å². The summed E-state index contributed by atoms with van der Waals surface area (Å²) in [6.45, 7) is 3.24. The largest absolute Gasteiger partial charge is 0.478 e. The fraction of sp³-hybridized carbons (Fsp3) is 0.462. The monoisotopic (exact) mass is 260 g/mol. The van der Waals surface area contributed by atoms with Crippen LogP contribution in [0.15, 0.2) is 18.3 Å². The normalized spacial score (nSPS) is 16.2. The van der Waals surface area contributed by atoms with Gasteiger partial charge in [-0.15, -0.1) is 0 Å². The van der Waals surface area contributed by atoms with E-state index in [-0.39, 0.29) is 5.56 Å². The molecule has 3 rings (SSSR count). The molecule has 100 valence electrons. The molecule has 3 heterocycles. The third kappa shape index (κ3) is 2.44. The van der Waals surface area contributed by atoms with Crippen molar-refractivity contribution < 1.29 is 9.90 Å². The number of aromatic carboxylic acids is 1. The van der Waals surface area contributed by atoms with E-state index in [1.807, 2.05) is 0 Å². The van der Waals surface area contributed by atoms with E-state index >= 15 is 0 Å². The van der Waals surface area contributed by atoms with Gasteiger partial charge in [-0.25, -0.2) is 14.3 Å². The van der Waals surface area contributed by atoms with Gasteiger partial charge in [0, 0.05) is 19.2 Å². The molecular weight excluding hydrogens is 244 g/mol. The highest BCUT2D eigenvalue weighted by Gasteiger charge is 2.15. The lowest BCUT2D eigenvalue weighted by Crippen LogP contribution is -2.22. The number of carboxylic acid groups (broad SMARTS) is 1. The highest BCUT2D eigenvalue weighted by molar-refractivity contribution is 5.94. The average Bonchev–Trinajstić information content (AvgIpc) is 3.04. The van der Waals surface area contributed by atoms with Crippen molar-refractivity contribution in [1.82, 2.24) is 19.5 Å². The van der Waals surface area contributed by atoms with E-state index in [0.717, 1.165) is 26.1 Å². The Hall–Kier alpha value is -1.95. The van der Waals surface area contributed by atoms with E-state index in [1.54, 1.807) is 22.8 Å². The summed E-state index contributed by atoms with van der Waals surface area (Å²) in [5, 5.41) is 13.4. The maximum atomic E-state index is 11.1. The van der Waals surface area contributed by atoms with E-state index < -0.39 is 5.97 Å². The smallest absolute Gasteiger partial charge is 0.339 e. The summed E-state index contributed by atoms with van der Waals surface area (Å²) in [5.74, 6) is -0.260. The van der Waals surface area contributed by atoms with Crippen molar-refractivity contribution >= 4 is 11.6 Å². The van der Waals surface area contributed by atoms with Crippen LogP contribution in [0, 0.1) is 0 Å². The van der Waals surface area contributed by atoms with E-state index in [1.165, 1.54) is 12.8 Å². The lowest BCUT2D eigenvalue weighted by atomic mass is 10.3. The molecule has 1 saturated heterocycles. The fourth-order valence-corrected chi connectivity index (χ4v) is 2.49. The van der Waals surface area contributed by atoms with Gasteiger partial charge in [-0.05, 0) is 38.1 Å². The minimum atomic E-state index is -0.968. The third-order valence-corrected chi connectivity index (χ3v) is 3.49. The van der Waals surface area contributed by atoms with E-state index in [2.05, 4.69) is 15.0 Å². The molecule has 2 aromatic rings. The molecule has 0 bridgehead atoms. The van der Waals surface area contributed by atoms with Gasteiger partial charge in [0.15, 0.2) is 11.5 Å². The van der Waals surface area contributed by atoms with Gasteiger partial charge in [0.1, 0.15) is 5.56 Å². The SMILES string of the molecule is O=C(O)c1cccn2nc(CCN3CCCC3)nc12. The van der Waals surface area contributed by atoms with Gasteiger partial charge in [0.05, 0.1) is 0 Å². The molecule has 2 aromatic heterocycles. The Bertz CT molecular complexity index is 602. The van der Waals surface area contributed by atoms with E-state index in [4.69, 9.17) is 5.11 Å². The second-order valence-electron chi connectivity index (χ2n) is 4.82. The molecule has 1 aliphatic heterocycles. The van der Waals surface area contributed by atoms with Crippen molar-refractivity contribution in [2.45, 2.75) is 19.3 Å². The fourth-order valence-electron chi connectivity index (χ4n) is 2.49. The number of rotatable bonds is 4. The summed E-state index contributed by atoms with van der Waals surface area (Å²) in [6.07, 6.45) is 5.03. The number of likely N-dealkylation sites (tertiary alicyclic amines) is 1. The summed E-state index contributed by atoms with van der Waals surface area (Å²) in [5.41, 5.74) is 0.619. The number of carboxylic acids is 1. The number of aromatic nitrogens is 3. The van der Waals surface area contributed by atoms with E-state index in [0.29, 0.717) is 11.5 Å². The number of hydrogen-bond acceptors (Lipinski definition) is 4. The van der Waals surface area contributed by atoms with Crippen LogP contribution in [-0.2, 0) is 6.42 Å². The van der Waals surface area contributed by atoms with Crippen molar-refractivity contribution in [3.8, 4) is 0 Å². The molecule has 0 spiro atoms. The predicted molar refractivity (Wildman–Crippen MR) is 69.3 cm³/mol. The minimum absolute atomic E-state index is 0.197. The van der Waals surface area contributed by atoms with Crippen molar-refractivity contribution in [2.24, 2.45) is 0 Å². The maximum Gasteiger partial charge on any atom is 0.339 e. The molecule has 0 aliphatic carbocycles. The number of pyridine rings is 1. The first-order valence-electron chi connectivity index (χ1n) is 6.54. The molecule has 1 N–H and O–H groups in total. The average molecular weight is 260 g/mol. The molecule has 0 unspecified atom stereocenters. The second-order valence-corrected chi connectivity index (χ2v) is 4.82. The van der Waals surface area contributed by atoms with Gasteiger partial charge in [-0.2, -0.15) is 5.10 Å². The standard InChI is InChI=1S/C13H16N4O2/c18-13(19)10-4-3-8-17-12(10)14-11(15-17)5-9-16-6-1-2-7-16/h3-4,8H,1-2,5-7,9H2,(H,18,19). The first-order valence-corrected chi connectivity index (χ1v) is 6.54. The molecule has 19 heavy (non-hydrogen) atoms. The quantitative estimate of drug-likeness (QED) is 0.890. The number of nitrogens with zero attached hydrogens (tertiary/aromatic N) is 4. The zero-order valence-corrected chi connectivity index (χ0v) is 10.6. The van der Waals surface area contributed by atoms with Crippen LogP contribution in [0.3, 0.4) is 0 Å². The maximum absolute atomic E-state index is 11.1. The van der Waals surface area contributed by atoms with Gasteiger partial charge in [0.25, 0.3) is 0 Å². The Morgan fingerprint density at radius 2 is 2.16 bits per heavy atom. The Balaban J connectivity index is 1.80.